The van der Waals surface area contributed by atoms with Crippen molar-refractivity contribution in [1.82, 2.24) is 0 Å². The molecule has 0 unspecified atom stereocenters. The minimum atomic E-state index is -0.182. The molecule has 3 heteroatoms. The molecule has 2 rings (SSSR count). The minimum Gasteiger partial charge on any atom is -0.371 e. The molecule has 0 radical (unpaired) electrons. The summed E-state index contributed by atoms with van der Waals surface area (Å²) in [4.78, 5) is 2.28. The van der Waals surface area contributed by atoms with E-state index in [4.69, 9.17) is 5.73 Å². The monoisotopic (exact) mass is 264 g/mol. The lowest BCUT2D eigenvalue weighted by Crippen LogP contribution is -2.38. The smallest absolute Gasteiger partial charge is 0.129 e. The van der Waals surface area contributed by atoms with Gasteiger partial charge >= 0.3 is 0 Å². The zero-order valence-electron chi connectivity index (χ0n) is 12.2. The first-order valence-electron chi connectivity index (χ1n) is 7.15. The van der Waals surface area contributed by atoms with E-state index in [0.717, 1.165) is 24.7 Å². The van der Waals surface area contributed by atoms with Gasteiger partial charge in [0.2, 0.25) is 0 Å². The molecule has 1 saturated heterocycles. The third-order valence-electron chi connectivity index (χ3n) is 4.34. The fraction of sp³-hybridized carbons (Fsp3) is 0.625. The molecule has 0 saturated carbocycles. The van der Waals surface area contributed by atoms with Crippen LogP contribution in [-0.4, -0.2) is 13.1 Å². The van der Waals surface area contributed by atoms with Crippen LogP contribution in [0, 0.1) is 17.2 Å². The highest BCUT2D eigenvalue weighted by Crippen LogP contribution is 2.35. The molecule has 106 valence electrons. The van der Waals surface area contributed by atoms with Gasteiger partial charge in [0.05, 0.1) is 0 Å². The van der Waals surface area contributed by atoms with E-state index in [-0.39, 0.29) is 12.4 Å². The van der Waals surface area contributed by atoms with Crippen molar-refractivity contribution < 1.29 is 4.39 Å². The summed E-state index contributed by atoms with van der Waals surface area (Å²) < 4.78 is 13.8. The van der Waals surface area contributed by atoms with Gasteiger partial charge in [0.1, 0.15) is 5.82 Å². The summed E-state index contributed by atoms with van der Waals surface area (Å²) in [6, 6.07) is 5.42. The Morgan fingerprint density at radius 1 is 1.26 bits per heavy atom. The molecule has 1 aliphatic heterocycles. The van der Waals surface area contributed by atoms with E-state index in [2.05, 4.69) is 25.7 Å². The van der Waals surface area contributed by atoms with Crippen molar-refractivity contribution >= 4 is 5.69 Å². The topological polar surface area (TPSA) is 29.3 Å². The molecule has 2 nitrogen and oxygen atoms in total. The number of hydrogen-bond donors (Lipinski definition) is 1. The highest BCUT2D eigenvalue weighted by atomic mass is 19.1. The molecule has 1 aliphatic rings. The van der Waals surface area contributed by atoms with E-state index in [1.54, 1.807) is 12.1 Å². The summed E-state index contributed by atoms with van der Waals surface area (Å²) in [6.45, 7) is 9.22. The summed E-state index contributed by atoms with van der Waals surface area (Å²) in [5.74, 6) is 0.579. The van der Waals surface area contributed by atoms with Crippen LogP contribution in [0.25, 0.3) is 0 Å². The minimum absolute atomic E-state index is 0.182. The van der Waals surface area contributed by atoms with Gasteiger partial charge in [0, 0.05) is 30.9 Å². The number of benzene rings is 1. The fourth-order valence-corrected chi connectivity index (χ4v) is 2.90. The van der Waals surface area contributed by atoms with Crippen molar-refractivity contribution in [3.8, 4) is 0 Å². The molecule has 0 atom stereocenters. The van der Waals surface area contributed by atoms with Crippen molar-refractivity contribution in [2.24, 2.45) is 17.1 Å². The molecule has 1 aromatic carbocycles. The highest BCUT2D eigenvalue weighted by Gasteiger charge is 2.28. The summed E-state index contributed by atoms with van der Waals surface area (Å²) in [5, 5.41) is 0. The maximum absolute atomic E-state index is 13.8. The molecule has 2 N–H and O–H groups in total. The number of rotatable bonds is 2. The van der Waals surface area contributed by atoms with Crippen molar-refractivity contribution in [3.63, 3.8) is 0 Å². The van der Waals surface area contributed by atoms with Crippen LogP contribution in [0.3, 0.4) is 0 Å². The zero-order valence-corrected chi connectivity index (χ0v) is 12.2. The zero-order chi connectivity index (χ0) is 14.0. The van der Waals surface area contributed by atoms with Crippen molar-refractivity contribution in [3.05, 3.63) is 29.6 Å². The van der Waals surface area contributed by atoms with Crippen LogP contribution in [0.4, 0.5) is 10.1 Å². The molecule has 1 heterocycles. The Balaban J connectivity index is 2.04. The molecular formula is C16H25FN2. The number of piperidine rings is 1. The number of nitrogens with zero attached hydrogens (tertiary/aromatic N) is 1. The Kier molecular flexibility index (Phi) is 4.14. The number of anilines is 1. The predicted octanol–water partition coefficient (Wildman–Crippen LogP) is 3.55. The van der Waals surface area contributed by atoms with Crippen molar-refractivity contribution in [2.45, 2.75) is 40.2 Å². The summed E-state index contributed by atoms with van der Waals surface area (Å²) >= 11 is 0. The van der Waals surface area contributed by atoms with Crippen molar-refractivity contribution in [2.75, 3.05) is 18.0 Å². The second kappa shape index (κ2) is 5.49. The second-order valence-corrected chi connectivity index (χ2v) is 6.61. The number of hydrogen-bond acceptors (Lipinski definition) is 2. The number of nitrogens with two attached hydrogens (primary N) is 1. The lowest BCUT2D eigenvalue weighted by atomic mass is 9.75. The van der Waals surface area contributed by atoms with E-state index >= 15 is 0 Å². The molecule has 19 heavy (non-hydrogen) atoms. The van der Waals surface area contributed by atoms with Gasteiger partial charge in [-0.05, 0) is 36.3 Å². The lowest BCUT2D eigenvalue weighted by Gasteiger charge is -2.39. The van der Waals surface area contributed by atoms with Gasteiger partial charge in [-0.25, -0.2) is 4.39 Å². The standard InChI is InChI=1S/C16H25FN2/c1-16(2,3)13-6-8-19(9-7-13)14-5-4-12(11-18)15(17)10-14/h4-5,10,13H,6-9,11,18H2,1-3H3. The Hall–Kier alpha value is -1.09. The average Bonchev–Trinajstić information content (AvgIpc) is 2.38. The largest absolute Gasteiger partial charge is 0.371 e. The van der Waals surface area contributed by atoms with Gasteiger partial charge < -0.3 is 10.6 Å². The first-order valence-corrected chi connectivity index (χ1v) is 7.15. The van der Waals surface area contributed by atoms with Gasteiger partial charge in [0.25, 0.3) is 0 Å². The number of halogens is 1. The van der Waals surface area contributed by atoms with E-state index < -0.39 is 0 Å². The summed E-state index contributed by atoms with van der Waals surface area (Å²) in [5.41, 5.74) is 7.45. The molecule has 0 bridgehead atoms. The molecule has 1 aromatic rings. The molecule has 1 fully saturated rings. The summed E-state index contributed by atoms with van der Waals surface area (Å²) in [7, 11) is 0. The first kappa shape index (κ1) is 14.3. The van der Waals surface area contributed by atoms with Crippen LogP contribution in [0.15, 0.2) is 18.2 Å². The SMILES string of the molecule is CC(C)(C)C1CCN(c2ccc(CN)c(F)c2)CC1. The Morgan fingerprint density at radius 2 is 1.89 bits per heavy atom. The van der Waals surface area contributed by atoms with E-state index in [1.165, 1.54) is 12.8 Å². The third-order valence-corrected chi connectivity index (χ3v) is 4.34. The molecular weight excluding hydrogens is 239 g/mol. The maximum Gasteiger partial charge on any atom is 0.129 e. The quantitative estimate of drug-likeness (QED) is 0.885. The van der Waals surface area contributed by atoms with Crippen LogP contribution in [0.5, 0.6) is 0 Å². The van der Waals surface area contributed by atoms with Crippen LogP contribution in [-0.2, 0) is 6.54 Å². The Bertz CT molecular complexity index is 429. The van der Waals surface area contributed by atoms with Crippen molar-refractivity contribution in [1.29, 1.82) is 0 Å². The highest BCUT2D eigenvalue weighted by molar-refractivity contribution is 5.48. The molecule has 0 aliphatic carbocycles. The van der Waals surface area contributed by atoms with E-state index in [1.807, 2.05) is 6.07 Å². The van der Waals surface area contributed by atoms with E-state index in [0.29, 0.717) is 11.0 Å². The molecule has 0 spiro atoms. The normalized spacial score (nSPS) is 17.8. The van der Waals surface area contributed by atoms with Gasteiger partial charge in [-0.15, -0.1) is 0 Å². The third kappa shape index (κ3) is 3.27. The van der Waals surface area contributed by atoms with Gasteiger partial charge in [-0.2, -0.15) is 0 Å². The Morgan fingerprint density at radius 3 is 2.37 bits per heavy atom. The summed E-state index contributed by atoms with van der Waals surface area (Å²) in [6.07, 6.45) is 2.37. The maximum atomic E-state index is 13.8. The van der Waals surface area contributed by atoms with Crippen LogP contribution in [0.2, 0.25) is 0 Å². The predicted molar refractivity (Wildman–Crippen MR) is 78.7 cm³/mol. The van der Waals surface area contributed by atoms with Gasteiger partial charge in [-0.1, -0.05) is 26.8 Å². The Labute approximate surface area is 115 Å². The van der Waals surface area contributed by atoms with Crippen LogP contribution >= 0.6 is 0 Å². The lowest BCUT2D eigenvalue weighted by molar-refractivity contribution is 0.199. The first-order chi connectivity index (χ1) is 8.91. The van der Waals surface area contributed by atoms with Crippen LogP contribution < -0.4 is 10.6 Å². The molecule has 0 aromatic heterocycles. The fourth-order valence-electron chi connectivity index (χ4n) is 2.90. The van der Waals surface area contributed by atoms with Crippen LogP contribution in [0.1, 0.15) is 39.2 Å². The van der Waals surface area contributed by atoms with Gasteiger partial charge in [-0.3, -0.25) is 0 Å². The van der Waals surface area contributed by atoms with E-state index in [9.17, 15) is 4.39 Å². The second-order valence-electron chi connectivity index (χ2n) is 6.61. The average molecular weight is 264 g/mol. The molecule has 0 amide bonds. The van der Waals surface area contributed by atoms with Gasteiger partial charge in [0.15, 0.2) is 0 Å².